The molecule has 0 unspecified atom stereocenters. The molecule has 0 aliphatic rings. The van der Waals surface area contributed by atoms with Gasteiger partial charge in [0.2, 0.25) is 0 Å². The summed E-state index contributed by atoms with van der Waals surface area (Å²) >= 11 is 0. The molecule has 0 bridgehead atoms. The summed E-state index contributed by atoms with van der Waals surface area (Å²) in [5, 5.41) is 0. The van der Waals surface area contributed by atoms with Crippen molar-refractivity contribution in [3.8, 4) is 0 Å². The van der Waals surface area contributed by atoms with Crippen molar-refractivity contribution < 1.29 is 0 Å². The minimum Gasteiger partial charge on any atom is -0.101 e. The molecule has 0 aliphatic heterocycles. The van der Waals surface area contributed by atoms with Crippen LogP contribution < -0.4 is 0 Å². The molecule has 0 N–H and O–H groups in total. The highest BCUT2D eigenvalue weighted by Crippen LogP contribution is 1.55. The van der Waals surface area contributed by atoms with E-state index in [1.807, 2.05) is 56.2 Å². The molecule has 0 aliphatic carbocycles. The van der Waals surface area contributed by atoms with Crippen molar-refractivity contribution in [3.63, 3.8) is 0 Å². The summed E-state index contributed by atoms with van der Waals surface area (Å²) in [6.07, 6.45) is 0. The lowest BCUT2D eigenvalue weighted by molar-refractivity contribution is 2.37. The fourth-order valence-electron chi connectivity index (χ4n) is 0.351. The summed E-state index contributed by atoms with van der Waals surface area (Å²) in [5.74, 6) is 0. The topological polar surface area (TPSA) is 0 Å². The summed E-state index contributed by atoms with van der Waals surface area (Å²) in [4.78, 5) is 0. The van der Waals surface area contributed by atoms with Crippen molar-refractivity contribution in [2.75, 3.05) is 0 Å². The maximum absolute atomic E-state index is 2.00. The molecule has 0 heterocycles. The standard InChI is InChI=1S/C2H6B6/c1-3-5-7-8-6-4-2/h1-2H3. The molecule has 0 aromatic heterocycles. The van der Waals surface area contributed by atoms with Crippen LogP contribution in [-0.4, -0.2) is 42.6 Å². The van der Waals surface area contributed by atoms with Crippen molar-refractivity contribution in [1.29, 1.82) is 0 Å². The molecule has 6 radical (unpaired) electrons. The molecule has 0 rings (SSSR count). The molecule has 0 fully saturated rings. The Morgan fingerprint density at radius 2 is 1.00 bits per heavy atom. The van der Waals surface area contributed by atoms with Crippen molar-refractivity contribution in [3.05, 3.63) is 0 Å². The molecular formula is C2H6B6. The lowest BCUT2D eigenvalue weighted by atomic mass is 8.97. The van der Waals surface area contributed by atoms with Gasteiger partial charge >= 0.3 is 0 Å². The Morgan fingerprint density at radius 1 is 0.625 bits per heavy atom. The Morgan fingerprint density at radius 3 is 1.25 bits per heavy atom. The largest absolute Gasteiger partial charge is 0.101 e. The van der Waals surface area contributed by atoms with E-state index in [1.165, 1.54) is 0 Å². The van der Waals surface area contributed by atoms with E-state index in [4.69, 9.17) is 0 Å². The van der Waals surface area contributed by atoms with E-state index in [0.29, 0.717) is 0 Å². The van der Waals surface area contributed by atoms with Crippen LogP contribution in [0.25, 0.3) is 0 Å². The highest BCUT2D eigenvalue weighted by atomic mass is 12.9. The van der Waals surface area contributed by atoms with Gasteiger partial charge in [-0.25, -0.2) is 0 Å². The van der Waals surface area contributed by atoms with Gasteiger partial charge in [0.1, 0.15) is 0 Å². The predicted octanol–water partition coefficient (Wildman–Crippen LogP) is -1.12. The van der Waals surface area contributed by atoms with Gasteiger partial charge in [0.25, 0.3) is 0 Å². The second-order valence-corrected chi connectivity index (χ2v) is 1.44. The first-order chi connectivity index (χ1) is 3.91. The zero-order chi connectivity index (χ0) is 6.24. The van der Waals surface area contributed by atoms with Crippen LogP contribution in [-0.2, 0) is 0 Å². The monoisotopic (exact) mass is 96.1 g/mol. The molecule has 0 saturated heterocycles. The maximum Gasteiger partial charge on any atom is 0.0502 e. The number of hydrogen-bond donors (Lipinski definition) is 0. The molecule has 0 aromatic rings. The molecule has 0 aromatic carbocycles. The zero-order valence-electron chi connectivity index (χ0n) is 5.46. The highest BCUT2D eigenvalue weighted by molar-refractivity contribution is 7.58. The third-order valence-corrected chi connectivity index (χ3v) is 0.718. The Balaban J connectivity index is 2.53. The van der Waals surface area contributed by atoms with Gasteiger partial charge in [0.05, 0.1) is 14.3 Å². The van der Waals surface area contributed by atoms with Crippen LogP contribution in [0.15, 0.2) is 0 Å². The summed E-state index contributed by atoms with van der Waals surface area (Å²) in [6.45, 7) is 4.00. The van der Waals surface area contributed by atoms with Crippen LogP contribution >= 0.6 is 0 Å². The Kier molecular flexibility index (Phi) is 7.75. The summed E-state index contributed by atoms with van der Waals surface area (Å²) < 4.78 is 0. The van der Waals surface area contributed by atoms with E-state index in [2.05, 4.69) is 0 Å². The summed E-state index contributed by atoms with van der Waals surface area (Å²) in [7, 11) is 12.0. The van der Waals surface area contributed by atoms with Gasteiger partial charge in [-0.05, 0) is 0 Å². The van der Waals surface area contributed by atoms with Gasteiger partial charge in [0, 0.05) is 28.2 Å². The van der Waals surface area contributed by atoms with Crippen LogP contribution in [0, 0.1) is 0 Å². The third kappa shape index (κ3) is 6.39. The molecule has 0 atom stereocenters. The van der Waals surface area contributed by atoms with Gasteiger partial charge in [-0.1, -0.05) is 0 Å². The normalized spacial score (nSPS) is 6.75. The van der Waals surface area contributed by atoms with Gasteiger partial charge in [-0.3, -0.25) is 0 Å². The van der Waals surface area contributed by atoms with Gasteiger partial charge < -0.3 is 0 Å². The van der Waals surface area contributed by atoms with E-state index >= 15 is 0 Å². The molecule has 8 heavy (non-hydrogen) atoms. The van der Waals surface area contributed by atoms with Crippen LogP contribution in [0.1, 0.15) is 0 Å². The van der Waals surface area contributed by atoms with E-state index < -0.39 is 0 Å². The van der Waals surface area contributed by atoms with Gasteiger partial charge in [-0.15, -0.1) is 13.6 Å². The predicted molar refractivity (Wildman–Crippen MR) is 46.3 cm³/mol. The van der Waals surface area contributed by atoms with E-state index in [0.717, 1.165) is 0 Å². The first kappa shape index (κ1) is 8.39. The lowest BCUT2D eigenvalue weighted by Gasteiger charge is -1.87. The van der Waals surface area contributed by atoms with Crippen LogP contribution in [0.3, 0.4) is 0 Å². The molecule has 32 valence electrons. The highest BCUT2D eigenvalue weighted by Gasteiger charge is 1.89. The SMILES string of the molecule is C[B][B][B][B][B][B]C. The van der Waals surface area contributed by atoms with Crippen molar-refractivity contribution in [2.45, 2.75) is 13.6 Å². The molecule has 0 saturated carbocycles. The van der Waals surface area contributed by atoms with Crippen molar-refractivity contribution in [2.24, 2.45) is 0 Å². The van der Waals surface area contributed by atoms with Crippen LogP contribution in [0.2, 0.25) is 13.6 Å². The fourth-order valence-corrected chi connectivity index (χ4v) is 0.351. The smallest absolute Gasteiger partial charge is 0.0502 e. The lowest BCUT2D eigenvalue weighted by Crippen LogP contribution is -2.24. The second-order valence-electron chi connectivity index (χ2n) is 1.44. The number of hydrogen-bond acceptors (Lipinski definition) is 0. The van der Waals surface area contributed by atoms with E-state index in [9.17, 15) is 0 Å². The van der Waals surface area contributed by atoms with E-state index in [1.54, 1.807) is 0 Å². The van der Waals surface area contributed by atoms with Gasteiger partial charge in [-0.2, -0.15) is 0 Å². The summed E-state index contributed by atoms with van der Waals surface area (Å²) in [5.41, 5.74) is 0. The van der Waals surface area contributed by atoms with E-state index in [-0.39, 0.29) is 0 Å². The third-order valence-electron chi connectivity index (χ3n) is 0.718. The quantitative estimate of drug-likeness (QED) is 0.300. The Labute approximate surface area is 56.9 Å². The van der Waals surface area contributed by atoms with Crippen molar-refractivity contribution >= 4 is 42.6 Å². The second kappa shape index (κ2) is 7.39. The first-order valence-electron chi connectivity index (χ1n) is 2.82. The zero-order valence-corrected chi connectivity index (χ0v) is 5.46. The van der Waals surface area contributed by atoms with Crippen LogP contribution in [0.5, 0.6) is 0 Å². The Hall–Kier alpha value is 0.390. The molecule has 0 amide bonds. The minimum atomic E-state index is 2.00. The average molecular weight is 94.9 g/mol. The molecular weight excluding hydrogens is 88.9 g/mol. The summed E-state index contributed by atoms with van der Waals surface area (Å²) in [6, 6.07) is 0. The number of rotatable bonds is 5. The molecule has 0 nitrogen and oxygen atoms in total. The van der Waals surface area contributed by atoms with Crippen molar-refractivity contribution in [1.82, 2.24) is 0 Å². The molecule has 0 spiro atoms. The molecule has 6 heteroatoms. The fraction of sp³-hybridized carbons (Fsp3) is 1.00. The van der Waals surface area contributed by atoms with Gasteiger partial charge in [0.15, 0.2) is 0 Å². The average Bonchev–Trinajstić information content (AvgIpc) is 1.81. The van der Waals surface area contributed by atoms with Crippen LogP contribution in [0.4, 0.5) is 0 Å². The Bertz CT molecular complexity index is 31.5. The first-order valence-corrected chi connectivity index (χ1v) is 2.82. The minimum absolute atomic E-state index is 2.00. The maximum atomic E-state index is 2.00.